The van der Waals surface area contributed by atoms with E-state index in [1.54, 1.807) is 24.3 Å². The summed E-state index contributed by atoms with van der Waals surface area (Å²) in [5.74, 6) is -1.12. The molecule has 3 aromatic rings. The monoisotopic (exact) mass is 539 g/mol. The molecule has 1 saturated heterocycles. The van der Waals surface area contributed by atoms with Gasteiger partial charge in [0.25, 0.3) is 5.91 Å². The summed E-state index contributed by atoms with van der Waals surface area (Å²) < 4.78 is 33.4. The predicted molar refractivity (Wildman–Crippen MR) is 139 cm³/mol. The van der Waals surface area contributed by atoms with Gasteiger partial charge in [0.15, 0.2) is 5.82 Å². The highest BCUT2D eigenvalue weighted by molar-refractivity contribution is 7.89. The van der Waals surface area contributed by atoms with Gasteiger partial charge >= 0.3 is 0 Å². The standard InChI is InChI=1S/C25H29N7O5S/c1-25(2)15-32(38(35,36)17-4-3-7-27-13-17)14-20-21(25)29-30-23(20)28-24(34)18-6-5-16(12-19(18)22(26)33)31-8-10-37-11-9-31/h3-7,12-13H,8-11,14-15H2,1-2H3,(H2,26,33)(H2,28,29,30,34). The zero-order chi connectivity index (χ0) is 27.1. The molecule has 38 heavy (non-hydrogen) atoms. The number of morpholine rings is 1. The van der Waals surface area contributed by atoms with Crippen LogP contribution in [0.2, 0.25) is 0 Å². The molecule has 13 heteroatoms. The van der Waals surface area contributed by atoms with E-state index in [9.17, 15) is 18.0 Å². The Morgan fingerprint density at radius 2 is 1.92 bits per heavy atom. The SMILES string of the molecule is CC1(C)CN(S(=O)(=O)c2cccnc2)Cc2c(NC(=O)c3ccc(N4CCOCC4)cc3C(N)=O)n[nH]c21. The third-order valence-electron chi connectivity index (χ3n) is 6.84. The number of nitrogens with one attached hydrogen (secondary N) is 2. The number of aromatic amines is 1. The molecular formula is C25H29N7O5S. The molecule has 0 saturated carbocycles. The van der Waals surface area contributed by atoms with Crippen LogP contribution >= 0.6 is 0 Å². The highest BCUT2D eigenvalue weighted by atomic mass is 32.2. The maximum atomic E-state index is 13.3. The number of pyridine rings is 1. The molecule has 2 aliphatic heterocycles. The van der Waals surface area contributed by atoms with Crippen molar-refractivity contribution >= 4 is 33.3 Å². The first-order chi connectivity index (χ1) is 18.1. The van der Waals surface area contributed by atoms with Crippen molar-refractivity contribution in [3.63, 3.8) is 0 Å². The quantitative estimate of drug-likeness (QED) is 0.424. The van der Waals surface area contributed by atoms with Crippen LogP contribution < -0.4 is 16.0 Å². The maximum absolute atomic E-state index is 13.3. The molecule has 2 aliphatic rings. The van der Waals surface area contributed by atoms with Gasteiger partial charge in [-0.25, -0.2) is 8.42 Å². The number of rotatable bonds is 6. The number of H-pyrrole nitrogens is 1. The van der Waals surface area contributed by atoms with Gasteiger partial charge in [-0.05, 0) is 30.3 Å². The van der Waals surface area contributed by atoms with E-state index < -0.39 is 27.3 Å². The molecule has 1 aromatic carbocycles. The van der Waals surface area contributed by atoms with Crippen LogP contribution in [-0.4, -0.2) is 72.6 Å². The Hall–Kier alpha value is -3.81. The second-order valence-electron chi connectivity index (χ2n) is 9.92. The van der Waals surface area contributed by atoms with Crippen LogP contribution in [0.4, 0.5) is 11.5 Å². The minimum atomic E-state index is -3.84. The average molecular weight is 540 g/mol. The van der Waals surface area contributed by atoms with Gasteiger partial charge in [-0.15, -0.1) is 0 Å². The van der Waals surface area contributed by atoms with Gasteiger partial charge in [0.1, 0.15) is 4.90 Å². The van der Waals surface area contributed by atoms with E-state index in [4.69, 9.17) is 10.5 Å². The van der Waals surface area contributed by atoms with Gasteiger partial charge in [0.2, 0.25) is 15.9 Å². The zero-order valence-electron chi connectivity index (χ0n) is 21.1. The van der Waals surface area contributed by atoms with Gasteiger partial charge in [-0.2, -0.15) is 9.40 Å². The Morgan fingerprint density at radius 3 is 2.61 bits per heavy atom. The first-order valence-electron chi connectivity index (χ1n) is 12.1. The summed E-state index contributed by atoms with van der Waals surface area (Å²) in [7, 11) is -3.84. The van der Waals surface area contributed by atoms with Crippen molar-refractivity contribution in [1.82, 2.24) is 19.5 Å². The molecular weight excluding hydrogens is 510 g/mol. The zero-order valence-corrected chi connectivity index (χ0v) is 21.9. The minimum absolute atomic E-state index is 0.000744. The number of carbonyl (C=O) groups excluding carboxylic acids is 2. The van der Waals surface area contributed by atoms with Crippen LogP contribution in [0.3, 0.4) is 0 Å². The van der Waals surface area contributed by atoms with Crippen LogP contribution in [0.5, 0.6) is 0 Å². The number of aromatic nitrogens is 3. The number of anilines is 2. The summed E-state index contributed by atoms with van der Waals surface area (Å²) in [6, 6.07) is 7.99. The molecule has 0 radical (unpaired) electrons. The molecule has 12 nitrogen and oxygen atoms in total. The van der Waals surface area contributed by atoms with Gasteiger partial charge in [-0.1, -0.05) is 13.8 Å². The molecule has 2 aromatic heterocycles. The number of benzene rings is 1. The molecule has 0 aliphatic carbocycles. The number of ether oxygens (including phenoxy) is 1. The fraction of sp³-hybridized carbons (Fsp3) is 0.360. The predicted octanol–water partition coefficient (Wildman–Crippen LogP) is 1.47. The van der Waals surface area contributed by atoms with Gasteiger partial charge in [0, 0.05) is 60.9 Å². The van der Waals surface area contributed by atoms with Crippen molar-refractivity contribution < 1.29 is 22.7 Å². The van der Waals surface area contributed by atoms with Crippen molar-refractivity contribution in [1.29, 1.82) is 0 Å². The fourth-order valence-electron chi connectivity index (χ4n) is 4.88. The topological polar surface area (TPSA) is 164 Å². The van der Waals surface area contributed by atoms with E-state index >= 15 is 0 Å². The lowest BCUT2D eigenvalue weighted by atomic mass is 9.84. The number of carbonyl (C=O) groups is 2. The first kappa shape index (κ1) is 25.8. The molecule has 1 fully saturated rings. The van der Waals surface area contributed by atoms with Crippen LogP contribution in [0.15, 0.2) is 47.6 Å². The third kappa shape index (κ3) is 4.75. The summed E-state index contributed by atoms with van der Waals surface area (Å²) in [6.07, 6.45) is 2.82. The van der Waals surface area contributed by atoms with E-state index in [2.05, 4.69) is 25.4 Å². The van der Waals surface area contributed by atoms with E-state index in [0.717, 1.165) is 11.4 Å². The molecule has 0 bridgehead atoms. The lowest BCUT2D eigenvalue weighted by Gasteiger charge is -2.36. The normalized spacial score (nSPS) is 17.6. The van der Waals surface area contributed by atoms with E-state index in [-0.39, 0.29) is 34.9 Å². The molecule has 0 atom stereocenters. The van der Waals surface area contributed by atoms with Crippen molar-refractivity contribution in [2.24, 2.45) is 5.73 Å². The van der Waals surface area contributed by atoms with Crippen LogP contribution in [0.1, 0.15) is 45.8 Å². The largest absolute Gasteiger partial charge is 0.378 e. The number of hydrogen-bond acceptors (Lipinski definition) is 8. The van der Waals surface area contributed by atoms with Gasteiger partial charge in [0.05, 0.1) is 24.3 Å². The summed E-state index contributed by atoms with van der Waals surface area (Å²) in [6.45, 7) is 6.48. The summed E-state index contributed by atoms with van der Waals surface area (Å²) >= 11 is 0. The van der Waals surface area contributed by atoms with E-state index in [0.29, 0.717) is 31.9 Å². The average Bonchev–Trinajstić information content (AvgIpc) is 3.32. The number of nitrogens with two attached hydrogens (primary N) is 1. The number of primary amides is 1. The number of nitrogens with zero attached hydrogens (tertiary/aromatic N) is 4. The highest BCUT2D eigenvalue weighted by Crippen LogP contribution is 2.37. The number of sulfonamides is 1. The second-order valence-corrected chi connectivity index (χ2v) is 11.9. The second kappa shape index (κ2) is 9.82. The smallest absolute Gasteiger partial charge is 0.257 e. The van der Waals surface area contributed by atoms with Gasteiger partial charge < -0.3 is 20.7 Å². The number of amides is 2. The molecule has 200 valence electrons. The first-order valence-corrected chi connectivity index (χ1v) is 13.6. The maximum Gasteiger partial charge on any atom is 0.257 e. The lowest BCUT2D eigenvalue weighted by molar-refractivity contribution is 0.0977. The van der Waals surface area contributed by atoms with Crippen molar-refractivity contribution in [2.45, 2.75) is 30.7 Å². The Kier molecular flexibility index (Phi) is 6.67. The third-order valence-corrected chi connectivity index (χ3v) is 8.62. The Balaban J connectivity index is 1.44. The molecule has 2 amide bonds. The van der Waals surface area contributed by atoms with Crippen molar-refractivity contribution in [3.8, 4) is 0 Å². The molecule has 5 rings (SSSR count). The summed E-state index contributed by atoms with van der Waals surface area (Å²) in [5, 5.41) is 10.0. The fourth-order valence-corrected chi connectivity index (χ4v) is 6.41. The summed E-state index contributed by atoms with van der Waals surface area (Å²) in [4.78, 5) is 31.7. The minimum Gasteiger partial charge on any atom is -0.378 e. The van der Waals surface area contributed by atoms with E-state index in [1.165, 1.54) is 22.8 Å². The van der Waals surface area contributed by atoms with Crippen molar-refractivity contribution in [2.75, 3.05) is 43.1 Å². The number of fused-ring (bicyclic) bond motifs is 1. The Labute approximate surface area is 220 Å². The van der Waals surface area contributed by atoms with Gasteiger partial charge in [-0.3, -0.25) is 19.7 Å². The number of hydrogen-bond donors (Lipinski definition) is 3. The molecule has 0 unspecified atom stereocenters. The highest BCUT2D eigenvalue weighted by Gasteiger charge is 2.41. The van der Waals surface area contributed by atoms with Crippen LogP contribution in [0.25, 0.3) is 0 Å². The Morgan fingerprint density at radius 1 is 1.16 bits per heavy atom. The molecule has 4 N–H and O–H groups in total. The van der Waals surface area contributed by atoms with Crippen molar-refractivity contribution in [3.05, 3.63) is 65.1 Å². The van der Waals surface area contributed by atoms with E-state index in [1.807, 2.05) is 13.8 Å². The lowest BCUT2D eigenvalue weighted by Crippen LogP contribution is -2.45. The summed E-state index contributed by atoms with van der Waals surface area (Å²) in [5.41, 5.74) is 7.24. The van der Waals surface area contributed by atoms with Crippen LogP contribution in [-0.2, 0) is 26.7 Å². The van der Waals surface area contributed by atoms with Crippen LogP contribution in [0, 0.1) is 0 Å². The molecule has 0 spiro atoms. The molecule has 4 heterocycles. The Bertz CT molecular complexity index is 1480.